The van der Waals surface area contributed by atoms with Gasteiger partial charge in [-0.15, -0.1) is 12.4 Å². The van der Waals surface area contributed by atoms with Crippen LogP contribution in [0.3, 0.4) is 0 Å². The van der Waals surface area contributed by atoms with E-state index in [1.165, 1.54) is 33.0 Å². The van der Waals surface area contributed by atoms with Crippen LogP contribution >= 0.6 is 12.4 Å². The molecule has 1 atom stereocenters. The zero-order chi connectivity index (χ0) is 8.55. The number of fused-ring (bicyclic) bond motifs is 3. The van der Waals surface area contributed by atoms with E-state index in [-0.39, 0.29) is 24.3 Å². The zero-order valence-corrected chi connectivity index (χ0v) is 8.68. The van der Waals surface area contributed by atoms with Gasteiger partial charge in [0.25, 0.3) is 0 Å². The van der Waals surface area contributed by atoms with E-state index >= 15 is 0 Å². The molecule has 0 aromatic carbocycles. The highest BCUT2D eigenvalue weighted by Gasteiger charge is 2.38. The lowest BCUT2D eigenvalue weighted by Crippen LogP contribution is -2.50. The Morgan fingerprint density at radius 3 is 2.38 bits per heavy atom. The number of nitrogens with zero attached hydrogens (tertiary/aromatic N) is 1. The Hall–Kier alpha value is -0.280. The Bertz CT molecular complexity index is 190. The van der Waals surface area contributed by atoms with Gasteiger partial charge in [-0.25, -0.2) is 0 Å². The molecule has 3 aliphatic heterocycles. The summed E-state index contributed by atoms with van der Waals surface area (Å²) in [6.45, 7) is 3.29. The quantitative estimate of drug-likeness (QED) is 0.597. The Kier molecular flexibility index (Phi) is 3.56. The van der Waals surface area contributed by atoms with E-state index in [1.807, 2.05) is 0 Å². The van der Waals surface area contributed by atoms with E-state index in [9.17, 15) is 4.79 Å². The normalized spacial score (nSPS) is 36.5. The lowest BCUT2D eigenvalue weighted by molar-refractivity contribution is -0.152. The average Bonchev–Trinajstić information content (AvgIpc) is 2.18. The minimum absolute atomic E-state index is 0. The molecular weight excluding hydrogens is 190 g/mol. The maximum absolute atomic E-state index is 11.3. The van der Waals surface area contributed by atoms with Crippen LogP contribution in [0.2, 0.25) is 0 Å². The highest BCUT2D eigenvalue weighted by atomic mass is 35.5. The van der Waals surface area contributed by atoms with Crippen molar-refractivity contribution >= 4 is 18.4 Å². The molecule has 3 heterocycles. The summed E-state index contributed by atoms with van der Waals surface area (Å²) < 4.78 is 4.78. The van der Waals surface area contributed by atoms with Gasteiger partial charge in [0.05, 0.1) is 13.0 Å². The van der Waals surface area contributed by atoms with E-state index < -0.39 is 0 Å². The number of carbonyl (C=O) groups excluding carboxylic acids is 1. The third-order valence-electron chi connectivity index (χ3n) is 3.16. The summed E-state index contributed by atoms with van der Waals surface area (Å²) in [6.07, 6.45) is 2.36. The summed E-state index contributed by atoms with van der Waals surface area (Å²) in [7, 11) is 1.49. The zero-order valence-electron chi connectivity index (χ0n) is 7.86. The van der Waals surface area contributed by atoms with Gasteiger partial charge in [0, 0.05) is 6.54 Å². The highest BCUT2D eigenvalue weighted by molar-refractivity contribution is 5.85. The predicted octanol–water partition coefficient (Wildman–Crippen LogP) is 0.923. The second kappa shape index (κ2) is 4.29. The van der Waals surface area contributed by atoms with Gasteiger partial charge in [-0.1, -0.05) is 0 Å². The topological polar surface area (TPSA) is 29.5 Å². The van der Waals surface area contributed by atoms with Gasteiger partial charge in [-0.3, -0.25) is 4.79 Å². The molecule has 0 amide bonds. The molecule has 3 rings (SSSR count). The average molecular weight is 206 g/mol. The molecule has 0 N–H and O–H groups in total. The summed E-state index contributed by atoms with van der Waals surface area (Å²) in [5.74, 6) is 0.754. The molecule has 3 nitrogen and oxygen atoms in total. The van der Waals surface area contributed by atoms with E-state index in [0.29, 0.717) is 5.92 Å². The fourth-order valence-electron chi connectivity index (χ4n) is 2.38. The number of hydrogen-bond acceptors (Lipinski definition) is 3. The third kappa shape index (κ3) is 1.97. The minimum Gasteiger partial charge on any atom is -0.469 e. The first-order chi connectivity index (χ1) is 5.81. The van der Waals surface area contributed by atoms with Crippen LogP contribution in [-0.2, 0) is 9.53 Å². The van der Waals surface area contributed by atoms with Crippen molar-refractivity contribution in [3.8, 4) is 0 Å². The molecule has 2 bridgehead atoms. The summed E-state index contributed by atoms with van der Waals surface area (Å²) in [5.41, 5.74) is 0. The Balaban J connectivity index is 0.000000845. The number of hydrogen-bond donors (Lipinski definition) is 0. The molecule has 76 valence electrons. The molecular formula is C9H16ClNO2. The second-order valence-corrected chi connectivity index (χ2v) is 3.77. The molecule has 3 aliphatic rings. The van der Waals surface area contributed by atoms with Crippen LogP contribution in [0.25, 0.3) is 0 Å². The van der Waals surface area contributed by atoms with Gasteiger partial charge in [-0.2, -0.15) is 0 Å². The number of piperidine rings is 3. The molecule has 13 heavy (non-hydrogen) atoms. The SMILES string of the molecule is COC(=O)[C@H]1CN2CCC1CC2.Cl. The summed E-state index contributed by atoms with van der Waals surface area (Å²) >= 11 is 0. The highest BCUT2D eigenvalue weighted by Crippen LogP contribution is 2.32. The van der Waals surface area contributed by atoms with E-state index in [2.05, 4.69) is 4.90 Å². The molecule has 0 saturated carbocycles. The van der Waals surface area contributed by atoms with Crippen molar-refractivity contribution in [2.24, 2.45) is 11.8 Å². The number of methoxy groups -OCH3 is 1. The molecule has 0 aromatic heterocycles. The summed E-state index contributed by atoms with van der Waals surface area (Å²) in [6, 6.07) is 0. The van der Waals surface area contributed by atoms with Crippen LogP contribution in [0, 0.1) is 11.8 Å². The fourth-order valence-corrected chi connectivity index (χ4v) is 2.38. The van der Waals surface area contributed by atoms with Crippen molar-refractivity contribution in [2.75, 3.05) is 26.7 Å². The number of rotatable bonds is 1. The third-order valence-corrected chi connectivity index (χ3v) is 3.16. The van der Waals surface area contributed by atoms with Gasteiger partial charge in [0.1, 0.15) is 0 Å². The van der Waals surface area contributed by atoms with Crippen molar-refractivity contribution in [3.63, 3.8) is 0 Å². The van der Waals surface area contributed by atoms with Crippen LogP contribution in [0.15, 0.2) is 0 Å². The first kappa shape index (κ1) is 10.8. The van der Waals surface area contributed by atoms with Crippen LogP contribution in [0.5, 0.6) is 0 Å². The maximum atomic E-state index is 11.3. The second-order valence-electron chi connectivity index (χ2n) is 3.77. The fraction of sp³-hybridized carbons (Fsp3) is 0.889. The molecule has 0 aromatic rings. The number of carbonyl (C=O) groups is 1. The van der Waals surface area contributed by atoms with Crippen LogP contribution < -0.4 is 0 Å². The van der Waals surface area contributed by atoms with Crippen molar-refractivity contribution in [1.29, 1.82) is 0 Å². The number of halogens is 1. The van der Waals surface area contributed by atoms with Crippen LogP contribution in [-0.4, -0.2) is 37.6 Å². The monoisotopic (exact) mass is 205 g/mol. The van der Waals surface area contributed by atoms with Crippen molar-refractivity contribution < 1.29 is 9.53 Å². The van der Waals surface area contributed by atoms with Crippen molar-refractivity contribution in [3.05, 3.63) is 0 Å². The van der Waals surface area contributed by atoms with Crippen LogP contribution in [0.4, 0.5) is 0 Å². The first-order valence-electron chi connectivity index (χ1n) is 4.61. The molecule has 0 spiro atoms. The van der Waals surface area contributed by atoms with Gasteiger partial charge in [0.2, 0.25) is 0 Å². The van der Waals surface area contributed by atoms with Crippen LogP contribution in [0.1, 0.15) is 12.8 Å². The standard InChI is InChI=1S/C9H15NO2.ClH/c1-12-9(11)8-6-10-4-2-7(8)3-5-10;/h7-8H,2-6H2,1H3;1H/t8-;/m0./s1. The van der Waals surface area contributed by atoms with Gasteiger partial charge >= 0.3 is 5.97 Å². The Labute approximate surface area is 84.8 Å². The van der Waals surface area contributed by atoms with E-state index in [0.717, 1.165) is 6.54 Å². The molecule has 0 unspecified atom stereocenters. The predicted molar refractivity (Wildman–Crippen MR) is 51.9 cm³/mol. The van der Waals surface area contributed by atoms with Gasteiger partial charge in [-0.05, 0) is 31.8 Å². The maximum Gasteiger partial charge on any atom is 0.310 e. The van der Waals surface area contributed by atoms with E-state index in [4.69, 9.17) is 4.74 Å². The minimum atomic E-state index is -0.00981. The molecule has 0 radical (unpaired) electrons. The Morgan fingerprint density at radius 1 is 1.38 bits per heavy atom. The number of ether oxygens (including phenoxy) is 1. The molecule has 3 saturated heterocycles. The lowest BCUT2D eigenvalue weighted by Gasteiger charge is -2.43. The Morgan fingerprint density at radius 2 is 2.00 bits per heavy atom. The summed E-state index contributed by atoms with van der Waals surface area (Å²) in [4.78, 5) is 13.7. The molecule has 3 fully saturated rings. The molecule has 0 aliphatic carbocycles. The smallest absolute Gasteiger partial charge is 0.310 e. The number of esters is 1. The molecule has 4 heteroatoms. The summed E-state index contributed by atoms with van der Waals surface area (Å²) in [5, 5.41) is 0. The van der Waals surface area contributed by atoms with E-state index in [1.54, 1.807) is 0 Å². The lowest BCUT2D eigenvalue weighted by atomic mass is 9.79. The largest absolute Gasteiger partial charge is 0.469 e. The first-order valence-corrected chi connectivity index (χ1v) is 4.61. The van der Waals surface area contributed by atoms with Crippen molar-refractivity contribution in [2.45, 2.75) is 12.8 Å². The van der Waals surface area contributed by atoms with Gasteiger partial charge in [0.15, 0.2) is 0 Å². The van der Waals surface area contributed by atoms with Gasteiger partial charge < -0.3 is 9.64 Å². The van der Waals surface area contributed by atoms with Crippen molar-refractivity contribution in [1.82, 2.24) is 4.90 Å².